The molecule has 0 radical (unpaired) electrons. The lowest BCUT2D eigenvalue weighted by atomic mass is 9.84. The van der Waals surface area contributed by atoms with Crippen molar-refractivity contribution in [2.75, 3.05) is 11.1 Å². The first-order chi connectivity index (χ1) is 9.26. The minimum Gasteiger partial charge on any atom is -0.382 e. The molecule has 0 bridgehead atoms. The van der Waals surface area contributed by atoms with Crippen molar-refractivity contribution in [3.63, 3.8) is 0 Å². The second kappa shape index (κ2) is 5.07. The van der Waals surface area contributed by atoms with Gasteiger partial charge in [-0.25, -0.2) is 9.97 Å². The van der Waals surface area contributed by atoms with Gasteiger partial charge in [0.2, 0.25) is 0 Å². The van der Waals surface area contributed by atoms with Crippen LogP contribution >= 0.6 is 0 Å². The van der Waals surface area contributed by atoms with Crippen LogP contribution in [0.25, 0.3) is 5.65 Å². The normalized spacial score (nSPS) is 23.6. The Balaban J connectivity index is 1.76. The number of anilines is 2. The zero-order chi connectivity index (χ0) is 13.2. The maximum Gasteiger partial charge on any atom is 0.180 e. The summed E-state index contributed by atoms with van der Waals surface area (Å²) in [5, 5.41) is 3.52. The average Bonchev–Trinajstić information content (AvgIpc) is 2.88. The molecule has 0 unspecified atom stereocenters. The van der Waals surface area contributed by atoms with Gasteiger partial charge in [-0.2, -0.15) is 0 Å². The maximum absolute atomic E-state index is 5.83. The average molecular weight is 259 g/mol. The van der Waals surface area contributed by atoms with E-state index in [0.717, 1.165) is 17.4 Å². The molecular weight excluding hydrogens is 238 g/mol. The molecule has 1 aliphatic carbocycles. The predicted octanol–water partition coefficient (Wildman–Crippen LogP) is 2.69. The van der Waals surface area contributed by atoms with Crippen molar-refractivity contribution in [2.45, 2.75) is 45.1 Å². The summed E-state index contributed by atoms with van der Waals surface area (Å²) in [5.74, 6) is 2.23. The fourth-order valence-electron chi connectivity index (χ4n) is 2.96. The maximum atomic E-state index is 5.83. The molecule has 2 heterocycles. The summed E-state index contributed by atoms with van der Waals surface area (Å²) < 4.78 is 1.92. The van der Waals surface area contributed by atoms with Gasteiger partial charge in [-0.3, -0.25) is 0 Å². The molecule has 1 aliphatic rings. The van der Waals surface area contributed by atoms with Crippen LogP contribution in [0.3, 0.4) is 0 Å². The molecule has 0 aromatic carbocycles. The van der Waals surface area contributed by atoms with Gasteiger partial charge in [-0.1, -0.05) is 13.3 Å². The summed E-state index contributed by atoms with van der Waals surface area (Å²) >= 11 is 0. The molecule has 1 saturated carbocycles. The van der Waals surface area contributed by atoms with Crippen LogP contribution in [0.15, 0.2) is 18.6 Å². The Hall–Kier alpha value is -1.78. The van der Waals surface area contributed by atoms with Crippen LogP contribution in [-0.2, 0) is 0 Å². The molecule has 0 saturated heterocycles. The third-order valence-corrected chi connectivity index (χ3v) is 4.16. The Morgan fingerprint density at radius 2 is 2.16 bits per heavy atom. The highest BCUT2D eigenvalue weighted by Crippen LogP contribution is 2.28. The highest BCUT2D eigenvalue weighted by molar-refractivity contribution is 5.65. The first-order valence-corrected chi connectivity index (χ1v) is 7.12. The van der Waals surface area contributed by atoms with Gasteiger partial charge < -0.3 is 15.5 Å². The number of rotatable bonds is 3. The summed E-state index contributed by atoms with van der Waals surface area (Å²) in [6.07, 6.45) is 11.8. The quantitative estimate of drug-likeness (QED) is 0.889. The number of hydrogen-bond acceptors (Lipinski definition) is 4. The second-order valence-electron chi connectivity index (χ2n) is 5.44. The Bertz CT molecular complexity index is 554. The molecule has 0 aliphatic heterocycles. The van der Waals surface area contributed by atoms with Gasteiger partial charge in [0.05, 0.1) is 6.20 Å². The van der Waals surface area contributed by atoms with Crippen molar-refractivity contribution in [1.82, 2.24) is 14.4 Å². The van der Waals surface area contributed by atoms with E-state index in [0.29, 0.717) is 11.9 Å². The minimum atomic E-state index is 0.498. The van der Waals surface area contributed by atoms with E-state index in [9.17, 15) is 0 Å². The van der Waals surface area contributed by atoms with Crippen molar-refractivity contribution in [1.29, 1.82) is 0 Å². The topological polar surface area (TPSA) is 68.2 Å². The van der Waals surface area contributed by atoms with E-state index in [2.05, 4.69) is 22.2 Å². The number of imidazole rings is 1. The monoisotopic (exact) mass is 259 g/mol. The van der Waals surface area contributed by atoms with Crippen LogP contribution < -0.4 is 11.1 Å². The molecule has 0 amide bonds. The van der Waals surface area contributed by atoms with Crippen LogP contribution in [0, 0.1) is 5.92 Å². The Labute approximate surface area is 113 Å². The first kappa shape index (κ1) is 12.3. The molecule has 5 heteroatoms. The fraction of sp³-hybridized carbons (Fsp3) is 0.571. The van der Waals surface area contributed by atoms with Crippen LogP contribution in [0.4, 0.5) is 11.6 Å². The Kier molecular flexibility index (Phi) is 3.27. The molecule has 102 valence electrons. The largest absolute Gasteiger partial charge is 0.382 e. The number of nitrogens with one attached hydrogen (secondary N) is 1. The van der Waals surface area contributed by atoms with Crippen LogP contribution in [0.1, 0.15) is 39.0 Å². The van der Waals surface area contributed by atoms with Crippen molar-refractivity contribution < 1.29 is 0 Å². The molecule has 0 spiro atoms. The summed E-state index contributed by atoms with van der Waals surface area (Å²) in [4.78, 5) is 8.73. The van der Waals surface area contributed by atoms with E-state index in [-0.39, 0.29) is 0 Å². The number of fused-ring (bicyclic) bond motifs is 1. The van der Waals surface area contributed by atoms with E-state index in [1.54, 1.807) is 12.4 Å². The third-order valence-electron chi connectivity index (χ3n) is 4.16. The molecule has 3 N–H and O–H groups in total. The van der Waals surface area contributed by atoms with Gasteiger partial charge in [0.15, 0.2) is 11.5 Å². The lowest BCUT2D eigenvalue weighted by molar-refractivity contribution is 0.330. The van der Waals surface area contributed by atoms with Crippen molar-refractivity contribution in [2.24, 2.45) is 5.92 Å². The van der Waals surface area contributed by atoms with Gasteiger partial charge in [0, 0.05) is 18.4 Å². The van der Waals surface area contributed by atoms with E-state index < -0.39 is 0 Å². The van der Waals surface area contributed by atoms with Gasteiger partial charge in [0.1, 0.15) is 5.82 Å². The summed E-state index contributed by atoms with van der Waals surface area (Å²) in [6, 6.07) is 0.498. The fourth-order valence-corrected chi connectivity index (χ4v) is 2.96. The van der Waals surface area contributed by atoms with Crippen LogP contribution in [0.5, 0.6) is 0 Å². The zero-order valence-electron chi connectivity index (χ0n) is 11.3. The molecule has 0 atom stereocenters. The van der Waals surface area contributed by atoms with Crippen molar-refractivity contribution in [3.05, 3.63) is 18.6 Å². The van der Waals surface area contributed by atoms with E-state index >= 15 is 0 Å². The standard InChI is InChI=1S/C14H21N5/c1-2-10-3-5-11(6-4-10)17-13-14-16-7-8-19(14)9-12(15)18-13/h7-11H,2-6,15H2,1H3,(H,17,18). The number of nitrogens with two attached hydrogens (primary N) is 1. The molecule has 2 aromatic heterocycles. The van der Waals surface area contributed by atoms with Crippen molar-refractivity contribution in [3.8, 4) is 0 Å². The molecular formula is C14H21N5. The first-order valence-electron chi connectivity index (χ1n) is 7.12. The highest BCUT2D eigenvalue weighted by atomic mass is 15.1. The van der Waals surface area contributed by atoms with Crippen LogP contribution in [0.2, 0.25) is 0 Å². The number of hydrogen-bond donors (Lipinski definition) is 2. The minimum absolute atomic E-state index is 0.498. The summed E-state index contributed by atoms with van der Waals surface area (Å²) in [7, 11) is 0. The van der Waals surface area contributed by atoms with Gasteiger partial charge >= 0.3 is 0 Å². The molecule has 3 rings (SSSR count). The Morgan fingerprint density at radius 3 is 2.89 bits per heavy atom. The van der Waals surface area contributed by atoms with Gasteiger partial charge in [0.25, 0.3) is 0 Å². The SMILES string of the molecule is CCC1CCC(Nc2nc(N)cn3ccnc23)CC1. The molecule has 2 aromatic rings. The van der Waals surface area contributed by atoms with Crippen molar-refractivity contribution >= 4 is 17.3 Å². The van der Waals surface area contributed by atoms with Gasteiger partial charge in [-0.05, 0) is 31.6 Å². The predicted molar refractivity (Wildman–Crippen MR) is 77.1 cm³/mol. The number of aromatic nitrogens is 3. The summed E-state index contributed by atoms with van der Waals surface area (Å²) in [6.45, 7) is 2.28. The number of nitrogens with zero attached hydrogens (tertiary/aromatic N) is 3. The van der Waals surface area contributed by atoms with E-state index in [4.69, 9.17) is 5.73 Å². The van der Waals surface area contributed by atoms with Gasteiger partial charge in [-0.15, -0.1) is 0 Å². The Morgan fingerprint density at radius 1 is 1.37 bits per heavy atom. The summed E-state index contributed by atoms with van der Waals surface area (Å²) in [5.41, 5.74) is 6.69. The van der Waals surface area contributed by atoms with E-state index in [1.807, 2.05) is 10.6 Å². The number of nitrogen functional groups attached to an aromatic ring is 1. The smallest absolute Gasteiger partial charge is 0.180 e. The molecule has 1 fully saturated rings. The lowest BCUT2D eigenvalue weighted by Gasteiger charge is -2.28. The zero-order valence-corrected chi connectivity index (χ0v) is 11.3. The highest BCUT2D eigenvalue weighted by Gasteiger charge is 2.21. The molecule has 5 nitrogen and oxygen atoms in total. The molecule has 19 heavy (non-hydrogen) atoms. The third kappa shape index (κ3) is 2.50. The van der Waals surface area contributed by atoms with E-state index in [1.165, 1.54) is 32.1 Å². The second-order valence-corrected chi connectivity index (χ2v) is 5.44. The lowest BCUT2D eigenvalue weighted by Crippen LogP contribution is -2.26. The van der Waals surface area contributed by atoms with Crippen LogP contribution in [-0.4, -0.2) is 20.4 Å².